The molecule has 0 saturated carbocycles. The number of hydrogen-bond acceptors (Lipinski definition) is 3. The molecule has 13 heavy (non-hydrogen) atoms. The van der Waals surface area contributed by atoms with E-state index in [0.29, 0.717) is 12.6 Å². The summed E-state index contributed by atoms with van der Waals surface area (Å²) >= 11 is 0. The largest absolute Gasteiger partial charge is 0.383 e. The molecule has 0 bridgehead atoms. The van der Waals surface area contributed by atoms with E-state index < -0.39 is 0 Å². The van der Waals surface area contributed by atoms with Gasteiger partial charge >= 0.3 is 0 Å². The molecular weight excluding hydrogens is 166 g/mol. The molecule has 1 rings (SSSR count). The lowest BCUT2D eigenvalue weighted by Crippen LogP contribution is -2.14. The zero-order chi connectivity index (χ0) is 9.68. The van der Waals surface area contributed by atoms with E-state index in [9.17, 15) is 0 Å². The number of methoxy groups -OCH3 is 1. The molecule has 1 heterocycles. The van der Waals surface area contributed by atoms with E-state index in [1.54, 1.807) is 13.3 Å². The van der Waals surface area contributed by atoms with E-state index in [1.807, 2.05) is 6.20 Å². The van der Waals surface area contributed by atoms with Crippen LogP contribution in [0.5, 0.6) is 0 Å². The van der Waals surface area contributed by atoms with Gasteiger partial charge in [0, 0.05) is 26.0 Å². The molecular formula is C9H17N3O. The van der Waals surface area contributed by atoms with Gasteiger partial charge in [-0.3, -0.25) is 0 Å². The number of nitrogens with one attached hydrogen (secondary N) is 1. The van der Waals surface area contributed by atoms with Crippen LogP contribution in [0.15, 0.2) is 12.4 Å². The van der Waals surface area contributed by atoms with E-state index in [2.05, 4.69) is 28.7 Å². The molecule has 1 unspecified atom stereocenters. The minimum Gasteiger partial charge on any atom is -0.383 e. The van der Waals surface area contributed by atoms with Crippen molar-refractivity contribution in [3.05, 3.63) is 12.4 Å². The lowest BCUT2D eigenvalue weighted by Gasteiger charge is -2.15. The maximum Gasteiger partial charge on any atom is 0.203 e. The summed E-state index contributed by atoms with van der Waals surface area (Å²) in [6, 6.07) is 0.321. The van der Waals surface area contributed by atoms with Gasteiger partial charge in [-0.1, -0.05) is 0 Å². The molecule has 0 aliphatic heterocycles. The van der Waals surface area contributed by atoms with Crippen LogP contribution in [-0.2, 0) is 4.74 Å². The summed E-state index contributed by atoms with van der Waals surface area (Å²) in [4.78, 5) is 4.21. The van der Waals surface area contributed by atoms with Crippen molar-refractivity contribution in [3.8, 4) is 0 Å². The van der Waals surface area contributed by atoms with E-state index in [-0.39, 0.29) is 0 Å². The molecule has 1 atom stereocenters. The highest BCUT2D eigenvalue weighted by Gasteiger charge is 2.07. The van der Waals surface area contributed by atoms with Crippen molar-refractivity contribution in [2.75, 3.05) is 25.6 Å². The smallest absolute Gasteiger partial charge is 0.203 e. The number of imidazole rings is 1. The Morgan fingerprint density at radius 1 is 1.69 bits per heavy atom. The summed E-state index contributed by atoms with van der Waals surface area (Å²) in [5.41, 5.74) is 0. The van der Waals surface area contributed by atoms with E-state index in [4.69, 9.17) is 4.74 Å². The standard InChI is InChI=1S/C9H17N3O/c1-4-10-9-11-5-6-12(9)8(2)7-13-3/h5-6,8H,4,7H2,1-3H3,(H,10,11). The van der Waals surface area contributed by atoms with Gasteiger partial charge in [0.15, 0.2) is 0 Å². The number of rotatable bonds is 5. The molecule has 0 spiro atoms. The quantitative estimate of drug-likeness (QED) is 0.752. The van der Waals surface area contributed by atoms with Crippen molar-refractivity contribution >= 4 is 5.95 Å². The van der Waals surface area contributed by atoms with Crippen molar-refractivity contribution in [1.82, 2.24) is 9.55 Å². The first-order valence-corrected chi connectivity index (χ1v) is 4.55. The average Bonchev–Trinajstić information content (AvgIpc) is 2.54. The molecule has 0 fully saturated rings. The monoisotopic (exact) mass is 183 g/mol. The van der Waals surface area contributed by atoms with Crippen LogP contribution in [0.25, 0.3) is 0 Å². The molecule has 0 saturated heterocycles. The van der Waals surface area contributed by atoms with Gasteiger partial charge in [0.1, 0.15) is 0 Å². The fourth-order valence-corrected chi connectivity index (χ4v) is 1.29. The minimum absolute atomic E-state index is 0.321. The predicted molar refractivity (Wildman–Crippen MR) is 53.0 cm³/mol. The highest BCUT2D eigenvalue weighted by Crippen LogP contribution is 2.12. The Kier molecular flexibility index (Phi) is 3.76. The van der Waals surface area contributed by atoms with E-state index >= 15 is 0 Å². The number of hydrogen-bond donors (Lipinski definition) is 1. The van der Waals surface area contributed by atoms with Gasteiger partial charge in [-0.05, 0) is 13.8 Å². The SMILES string of the molecule is CCNc1nccn1C(C)COC. The molecule has 1 aromatic heterocycles. The zero-order valence-electron chi connectivity index (χ0n) is 8.45. The van der Waals surface area contributed by atoms with Crippen molar-refractivity contribution in [2.45, 2.75) is 19.9 Å². The summed E-state index contributed by atoms with van der Waals surface area (Å²) in [7, 11) is 1.71. The fourth-order valence-electron chi connectivity index (χ4n) is 1.29. The van der Waals surface area contributed by atoms with Gasteiger partial charge in [0.05, 0.1) is 12.6 Å². The van der Waals surface area contributed by atoms with E-state index in [0.717, 1.165) is 12.5 Å². The third-order valence-corrected chi connectivity index (χ3v) is 1.89. The molecule has 4 heteroatoms. The first-order valence-electron chi connectivity index (χ1n) is 4.55. The molecule has 0 amide bonds. The van der Waals surface area contributed by atoms with Crippen LogP contribution in [0.4, 0.5) is 5.95 Å². The van der Waals surface area contributed by atoms with Crippen LogP contribution in [0.2, 0.25) is 0 Å². The van der Waals surface area contributed by atoms with Crippen LogP contribution in [0.3, 0.4) is 0 Å². The van der Waals surface area contributed by atoms with Crippen molar-refractivity contribution < 1.29 is 4.74 Å². The molecule has 0 aliphatic rings. The summed E-state index contributed by atoms with van der Waals surface area (Å²) in [5.74, 6) is 0.909. The zero-order valence-corrected chi connectivity index (χ0v) is 8.45. The Hall–Kier alpha value is -1.03. The summed E-state index contributed by atoms with van der Waals surface area (Å²) in [6.45, 7) is 5.75. The van der Waals surface area contributed by atoms with E-state index in [1.165, 1.54) is 0 Å². The van der Waals surface area contributed by atoms with Gasteiger partial charge in [-0.15, -0.1) is 0 Å². The fraction of sp³-hybridized carbons (Fsp3) is 0.667. The first kappa shape index (κ1) is 10.1. The number of ether oxygens (including phenoxy) is 1. The summed E-state index contributed by atoms with van der Waals surface area (Å²) < 4.78 is 7.16. The van der Waals surface area contributed by atoms with Crippen LogP contribution in [0.1, 0.15) is 19.9 Å². The minimum atomic E-state index is 0.321. The van der Waals surface area contributed by atoms with Crippen LogP contribution < -0.4 is 5.32 Å². The highest BCUT2D eigenvalue weighted by atomic mass is 16.5. The van der Waals surface area contributed by atoms with Crippen LogP contribution >= 0.6 is 0 Å². The first-order chi connectivity index (χ1) is 6.29. The Balaban J connectivity index is 2.68. The summed E-state index contributed by atoms with van der Waals surface area (Å²) in [6.07, 6.45) is 3.76. The Bertz CT molecular complexity index is 247. The normalized spacial score (nSPS) is 12.8. The van der Waals surface area contributed by atoms with Gasteiger partial charge in [-0.25, -0.2) is 4.98 Å². The van der Waals surface area contributed by atoms with Crippen molar-refractivity contribution in [1.29, 1.82) is 0 Å². The molecule has 1 aromatic rings. The second-order valence-electron chi connectivity index (χ2n) is 2.99. The Labute approximate surface area is 78.9 Å². The molecule has 1 N–H and O–H groups in total. The average molecular weight is 183 g/mol. The molecule has 74 valence electrons. The molecule has 0 aliphatic carbocycles. The van der Waals surface area contributed by atoms with Gasteiger partial charge in [0.25, 0.3) is 0 Å². The maximum absolute atomic E-state index is 5.08. The third-order valence-electron chi connectivity index (χ3n) is 1.89. The number of aromatic nitrogens is 2. The van der Waals surface area contributed by atoms with Crippen LogP contribution in [0, 0.1) is 0 Å². The third kappa shape index (κ3) is 2.45. The Morgan fingerprint density at radius 2 is 2.46 bits per heavy atom. The predicted octanol–water partition coefficient (Wildman–Crippen LogP) is 1.52. The summed E-state index contributed by atoms with van der Waals surface area (Å²) in [5, 5.41) is 3.19. The molecule has 0 radical (unpaired) electrons. The van der Waals surface area contributed by atoms with Crippen molar-refractivity contribution in [2.24, 2.45) is 0 Å². The second-order valence-corrected chi connectivity index (χ2v) is 2.99. The topological polar surface area (TPSA) is 39.1 Å². The van der Waals surface area contributed by atoms with Gasteiger partial charge in [0.2, 0.25) is 5.95 Å². The second kappa shape index (κ2) is 4.87. The number of nitrogens with zero attached hydrogens (tertiary/aromatic N) is 2. The number of anilines is 1. The van der Waals surface area contributed by atoms with Crippen molar-refractivity contribution in [3.63, 3.8) is 0 Å². The molecule has 4 nitrogen and oxygen atoms in total. The molecule has 0 aromatic carbocycles. The highest BCUT2D eigenvalue weighted by molar-refractivity contribution is 5.26. The lowest BCUT2D eigenvalue weighted by atomic mass is 10.3. The maximum atomic E-state index is 5.08. The lowest BCUT2D eigenvalue weighted by molar-refractivity contribution is 0.163. The Morgan fingerprint density at radius 3 is 3.08 bits per heavy atom. The van der Waals surface area contributed by atoms with Gasteiger partial charge < -0.3 is 14.6 Å². The van der Waals surface area contributed by atoms with Gasteiger partial charge in [-0.2, -0.15) is 0 Å². The van der Waals surface area contributed by atoms with Crippen LogP contribution in [-0.4, -0.2) is 29.8 Å².